The standard InChI is InChI=1S/C58H38N2O/c1-3-18-44(19-4-1)59(47-32-29-39-15-7-8-16-40(39)35-47)46-22-13-17-43(36-46)48-33-30-41(37-53(48)52-26-14-25-51-50-24-10-12-28-57(50)61-58(51)52)42-31-34-56-54(38-42)49-23-9-11-27-55(49)60(56)45-20-5-2-6-21-45/h1-38H. The van der Waals surface area contributed by atoms with E-state index >= 15 is 0 Å². The van der Waals surface area contributed by atoms with Gasteiger partial charge < -0.3 is 13.9 Å². The van der Waals surface area contributed by atoms with Gasteiger partial charge in [-0.15, -0.1) is 0 Å². The van der Waals surface area contributed by atoms with Crippen molar-refractivity contribution in [2.45, 2.75) is 0 Å². The Balaban J connectivity index is 1.06. The summed E-state index contributed by atoms with van der Waals surface area (Å²) in [6.07, 6.45) is 0. The fourth-order valence-corrected chi connectivity index (χ4v) is 9.32. The number of hydrogen-bond acceptors (Lipinski definition) is 2. The zero-order valence-corrected chi connectivity index (χ0v) is 33.2. The first kappa shape index (κ1) is 34.9. The van der Waals surface area contributed by atoms with Crippen molar-refractivity contribution in [2.24, 2.45) is 0 Å². The molecule has 2 heterocycles. The highest BCUT2D eigenvalue weighted by Crippen LogP contribution is 2.44. The van der Waals surface area contributed by atoms with Crippen molar-refractivity contribution in [3.8, 4) is 39.1 Å². The quantitative estimate of drug-likeness (QED) is 0.161. The van der Waals surface area contributed by atoms with Crippen molar-refractivity contribution < 1.29 is 4.42 Å². The normalized spacial score (nSPS) is 11.6. The van der Waals surface area contributed by atoms with Gasteiger partial charge in [0, 0.05) is 49.9 Å². The molecule has 0 aliphatic rings. The lowest BCUT2D eigenvalue weighted by Crippen LogP contribution is -2.09. The average Bonchev–Trinajstić information content (AvgIpc) is 3.88. The van der Waals surface area contributed by atoms with Gasteiger partial charge in [0.2, 0.25) is 0 Å². The number of rotatable bonds is 7. The molecule has 0 radical (unpaired) electrons. The summed E-state index contributed by atoms with van der Waals surface area (Å²) in [5.74, 6) is 0. The van der Waals surface area contributed by atoms with Crippen LogP contribution in [0.3, 0.4) is 0 Å². The van der Waals surface area contributed by atoms with Gasteiger partial charge >= 0.3 is 0 Å². The topological polar surface area (TPSA) is 21.3 Å². The molecule has 12 aromatic rings. The molecule has 61 heavy (non-hydrogen) atoms. The van der Waals surface area contributed by atoms with Gasteiger partial charge in [0.1, 0.15) is 11.2 Å². The van der Waals surface area contributed by atoms with Crippen molar-refractivity contribution in [1.29, 1.82) is 0 Å². The molecule has 2 aromatic heterocycles. The number of hydrogen-bond donors (Lipinski definition) is 0. The van der Waals surface area contributed by atoms with Gasteiger partial charge in [-0.3, -0.25) is 0 Å². The van der Waals surface area contributed by atoms with Crippen LogP contribution in [-0.2, 0) is 0 Å². The molecule has 0 fully saturated rings. The van der Waals surface area contributed by atoms with Crippen LogP contribution in [-0.4, -0.2) is 4.57 Å². The second-order valence-electron chi connectivity index (χ2n) is 15.7. The Morgan fingerprint density at radius 3 is 1.87 bits per heavy atom. The Morgan fingerprint density at radius 1 is 0.328 bits per heavy atom. The monoisotopic (exact) mass is 778 g/mol. The van der Waals surface area contributed by atoms with E-state index in [4.69, 9.17) is 4.42 Å². The molecule has 0 amide bonds. The van der Waals surface area contributed by atoms with Crippen LogP contribution in [0.25, 0.3) is 93.6 Å². The van der Waals surface area contributed by atoms with Crippen molar-refractivity contribution in [1.82, 2.24) is 4.57 Å². The first-order valence-corrected chi connectivity index (χ1v) is 20.8. The zero-order valence-electron chi connectivity index (χ0n) is 33.2. The minimum Gasteiger partial charge on any atom is -0.455 e. The number of fused-ring (bicyclic) bond motifs is 7. The largest absolute Gasteiger partial charge is 0.455 e. The number of aromatic nitrogens is 1. The molecule has 0 saturated heterocycles. The van der Waals surface area contributed by atoms with Crippen LogP contribution in [0.5, 0.6) is 0 Å². The molecule has 0 N–H and O–H groups in total. The van der Waals surface area contributed by atoms with Gasteiger partial charge in [-0.2, -0.15) is 0 Å². The summed E-state index contributed by atoms with van der Waals surface area (Å²) in [5, 5.41) is 7.12. The molecular formula is C58H38N2O. The molecule has 0 atom stereocenters. The highest BCUT2D eigenvalue weighted by atomic mass is 16.3. The minimum atomic E-state index is 0.888. The first-order chi connectivity index (χ1) is 30.2. The molecule has 10 aromatic carbocycles. The lowest BCUT2D eigenvalue weighted by atomic mass is 9.89. The zero-order chi connectivity index (χ0) is 40.3. The maximum Gasteiger partial charge on any atom is 0.143 e. The summed E-state index contributed by atoms with van der Waals surface area (Å²) in [7, 11) is 0. The molecule has 0 saturated carbocycles. The molecule has 286 valence electrons. The number of nitrogens with zero attached hydrogens (tertiary/aromatic N) is 2. The van der Waals surface area contributed by atoms with Crippen LogP contribution >= 0.6 is 0 Å². The number of anilines is 3. The molecule has 3 heteroatoms. The van der Waals surface area contributed by atoms with Gasteiger partial charge in [-0.05, 0) is 117 Å². The first-order valence-electron chi connectivity index (χ1n) is 20.8. The summed E-state index contributed by atoms with van der Waals surface area (Å²) < 4.78 is 9.10. The molecule has 0 aliphatic heterocycles. The van der Waals surface area contributed by atoms with Crippen LogP contribution in [0.4, 0.5) is 17.1 Å². The lowest BCUT2D eigenvalue weighted by molar-refractivity contribution is 0.670. The molecular weight excluding hydrogens is 741 g/mol. The van der Waals surface area contributed by atoms with Crippen molar-refractivity contribution in [3.63, 3.8) is 0 Å². The minimum absolute atomic E-state index is 0.888. The van der Waals surface area contributed by atoms with E-state index in [9.17, 15) is 0 Å². The van der Waals surface area contributed by atoms with E-state index in [1.807, 2.05) is 6.07 Å². The Labute approximate surface area is 353 Å². The maximum atomic E-state index is 6.73. The third kappa shape index (κ3) is 5.90. The second kappa shape index (κ2) is 14.3. The van der Waals surface area contributed by atoms with Crippen molar-refractivity contribution >= 4 is 71.6 Å². The van der Waals surface area contributed by atoms with E-state index in [1.54, 1.807) is 0 Å². The van der Waals surface area contributed by atoms with Crippen LogP contribution in [0.1, 0.15) is 0 Å². The van der Waals surface area contributed by atoms with E-state index in [0.717, 1.165) is 78.1 Å². The van der Waals surface area contributed by atoms with Crippen LogP contribution < -0.4 is 4.90 Å². The Kier molecular flexibility index (Phi) is 8.17. The van der Waals surface area contributed by atoms with Gasteiger partial charge in [-0.1, -0.05) is 152 Å². The fraction of sp³-hybridized carbons (Fsp3) is 0. The predicted octanol–water partition coefficient (Wildman–Crippen LogP) is 16.3. The molecule has 3 nitrogen and oxygen atoms in total. The fourth-order valence-electron chi connectivity index (χ4n) is 9.32. The lowest BCUT2D eigenvalue weighted by Gasteiger charge is -2.26. The van der Waals surface area contributed by atoms with E-state index in [2.05, 4.69) is 234 Å². The summed E-state index contributed by atoms with van der Waals surface area (Å²) in [5.41, 5.74) is 15.3. The van der Waals surface area contributed by atoms with Crippen LogP contribution in [0.15, 0.2) is 235 Å². The van der Waals surface area contributed by atoms with Crippen molar-refractivity contribution in [2.75, 3.05) is 4.90 Å². The number of para-hydroxylation sites is 5. The van der Waals surface area contributed by atoms with Crippen LogP contribution in [0.2, 0.25) is 0 Å². The summed E-state index contributed by atoms with van der Waals surface area (Å²) in [6, 6.07) is 82.9. The van der Waals surface area contributed by atoms with Gasteiger partial charge in [0.05, 0.1) is 11.0 Å². The number of benzene rings is 10. The molecule has 0 aliphatic carbocycles. The Hall–Kier alpha value is -8.14. The summed E-state index contributed by atoms with van der Waals surface area (Å²) in [6.45, 7) is 0. The maximum absolute atomic E-state index is 6.73. The van der Waals surface area contributed by atoms with Crippen LogP contribution in [0, 0.1) is 0 Å². The smallest absolute Gasteiger partial charge is 0.143 e. The SMILES string of the molecule is c1ccc(N(c2cccc(-c3ccc(-c4ccc5c(c4)c4ccccc4n5-c4ccccc4)cc3-c3cccc4c3oc3ccccc34)c2)c2ccc3ccccc3c2)cc1. The highest BCUT2D eigenvalue weighted by Gasteiger charge is 2.20. The van der Waals surface area contributed by atoms with E-state index in [-0.39, 0.29) is 0 Å². The molecule has 12 rings (SSSR count). The second-order valence-corrected chi connectivity index (χ2v) is 15.7. The summed E-state index contributed by atoms with van der Waals surface area (Å²) >= 11 is 0. The molecule has 0 bridgehead atoms. The molecule has 0 spiro atoms. The van der Waals surface area contributed by atoms with E-state index < -0.39 is 0 Å². The number of furan rings is 1. The summed E-state index contributed by atoms with van der Waals surface area (Å²) in [4.78, 5) is 2.35. The van der Waals surface area contributed by atoms with E-state index in [0.29, 0.717) is 0 Å². The Morgan fingerprint density at radius 2 is 0.984 bits per heavy atom. The molecule has 0 unspecified atom stereocenters. The van der Waals surface area contributed by atoms with Gasteiger partial charge in [-0.25, -0.2) is 0 Å². The van der Waals surface area contributed by atoms with Gasteiger partial charge in [0.15, 0.2) is 0 Å². The Bertz CT molecular complexity index is 3600. The average molecular weight is 779 g/mol. The van der Waals surface area contributed by atoms with Crippen molar-refractivity contribution in [3.05, 3.63) is 231 Å². The van der Waals surface area contributed by atoms with E-state index in [1.165, 1.54) is 32.6 Å². The third-order valence-electron chi connectivity index (χ3n) is 12.2. The predicted molar refractivity (Wildman–Crippen MR) is 257 cm³/mol. The third-order valence-corrected chi connectivity index (χ3v) is 12.2. The highest BCUT2D eigenvalue weighted by molar-refractivity contribution is 6.12. The van der Waals surface area contributed by atoms with Gasteiger partial charge in [0.25, 0.3) is 0 Å².